The van der Waals surface area contributed by atoms with Crippen molar-refractivity contribution in [3.05, 3.63) is 33.8 Å². The Labute approximate surface area is 106 Å². The van der Waals surface area contributed by atoms with Crippen LogP contribution in [0.25, 0.3) is 0 Å². The fraction of sp³-hybridized carbons (Fsp3) is 0.500. The predicted octanol–water partition coefficient (Wildman–Crippen LogP) is 3.09. The molecule has 2 N–H and O–H groups in total. The van der Waals surface area contributed by atoms with Gasteiger partial charge >= 0.3 is 0 Å². The van der Waals surface area contributed by atoms with E-state index >= 15 is 0 Å². The van der Waals surface area contributed by atoms with Gasteiger partial charge < -0.3 is 5.73 Å². The summed E-state index contributed by atoms with van der Waals surface area (Å²) >= 11 is 12.4. The normalized spacial score (nSPS) is 17.8. The standard InChI is InChI=1S/C12H16Cl2N2/c1-16(8-5-6-8)11(7-15)12-9(13)3-2-4-10(12)14/h2-4,8,11H,5-7,15H2,1H3. The Kier molecular flexibility index (Phi) is 3.75. The van der Waals surface area contributed by atoms with Gasteiger partial charge in [0.05, 0.1) is 0 Å². The molecule has 2 nitrogen and oxygen atoms in total. The lowest BCUT2D eigenvalue weighted by Crippen LogP contribution is -2.32. The molecule has 16 heavy (non-hydrogen) atoms. The summed E-state index contributed by atoms with van der Waals surface area (Å²) in [7, 11) is 2.09. The van der Waals surface area contributed by atoms with Crippen molar-refractivity contribution in [1.82, 2.24) is 4.90 Å². The lowest BCUT2D eigenvalue weighted by Gasteiger charge is -2.28. The second kappa shape index (κ2) is 4.92. The first-order chi connectivity index (χ1) is 7.65. The molecule has 2 rings (SSSR count). The maximum absolute atomic E-state index is 6.21. The predicted molar refractivity (Wildman–Crippen MR) is 69.0 cm³/mol. The van der Waals surface area contributed by atoms with E-state index in [1.807, 2.05) is 18.2 Å². The van der Waals surface area contributed by atoms with E-state index in [4.69, 9.17) is 28.9 Å². The van der Waals surface area contributed by atoms with Crippen LogP contribution in [0.3, 0.4) is 0 Å². The number of hydrogen-bond acceptors (Lipinski definition) is 2. The van der Waals surface area contributed by atoms with Crippen molar-refractivity contribution in [3.63, 3.8) is 0 Å². The quantitative estimate of drug-likeness (QED) is 0.900. The minimum atomic E-state index is 0.119. The minimum absolute atomic E-state index is 0.119. The van der Waals surface area contributed by atoms with Crippen LogP contribution in [0.4, 0.5) is 0 Å². The minimum Gasteiger partial charge on any atom is -0.329 e. The highest BCUT2D eigenvalue weighted by atomic mass is 35.5. The molecule has 0 aliphatic heterocycles. The van der Waals surface area contributed by atoms with Crippen molar-refractivity contribution in [3.8, 4) is 0 Å². The molecule has 0 spiro atoms. The summed E-state index contributed by atoms with van der Waals surface area (Å²) in [6, 6.07) is 6.35. The van der Waals surface area contributed by atoms with E-state index in [1.165, 1.54) is 12.8 Å². The third-order valence-corrected chi connectivity index (χ3v) is 3.83. The summed E-state index contributed by atoms with van der Waals surface area (Å²) in [5.74, 6) is 0. The molecule has 0 saturated heterocycles. The molecule has 1 unspecified atom stereocenters. The van der Waals surface area contributed by atoms with Gasteiger partial charge in [0, 0.05) is 34.2 Å². The van der Waals surface area contributed by atoms with E-state index in [1.54, 1.807) is 0 Å². The number of nitrogens with two attached hydrogens (primary N) is 1. The molecular weight excluding hydrogens is 243 g/mol. The van der Waals surface area contributed by atoms with Crippen molar-refractivity contribution in [2.75, 3.05) is 13.6 Å². The van der Waals surface area contributed by atoms with E-state index in [2.05, 4.69) is 11.9 Å². The SMILES string of the molecule is CN(C1CC1)C(CN)c1c(Cl)cccc1Cl. The highest BCUT2D eigenvalue weighted by molar-refractivity contribution is 6.36. The summed E-state index contributed by atoms with van der Waals surface area (Å²) in [6.07, 6.45) is 2.49. The van der Waals surface area contributed by atoms with E-state index in [0.717, 1.165) is 5.56 Å². The van der Waals surface area contributed by atoms with Crippen molar-refractivity contribution in [1.29, 1.82) is 0 Å². The van der Waals surface area contributed by atoms with Crippen LogP contribution in [0.15, 0.2) is 18.2 Å². The molecule has 0 radical (unpaired) electrons. The average Bonchev–Trinajstić information content (AvgIpc) is 3.06. The van der Waals surface area contributed by atoms with Crippen LogP contribution in [-0.4, -0.2) is 24.5 Å². The van der Waals surface area contributed by atoms with Crippen LogP contribution in [0.1, 0.15) is 24.4 Å². The summed E-state index contributed by atoms with van der Waals surface area (Å²) in [5.41, 5.74) is 6.81. The van der Waals surface area contributed by atoms with Gasteiger partial charge in [-0.1, -0.05) is 29.3 Å². The molecule has 1 saturated carbocycles. The van der Waals surface area contributed by atoms with Crippen LogP contribution in [0.2, 0.25) is 10.0 Å². The van der Waals surface area contributed by atoms with Crippen molar-refractivity contribution >= 4 is 23.2 Å². The Morgan fingerprint density at radius 3 is 2.38 bits per heavy atom. The average molecular weight is 259 g/mol. The molecule has 1 aromatic carbocycles. The van der Waals surface area contributed by atoms with Crippen LogP contribution >= 0.6 is 23.2 Å². The first-order valence-corrected chi connectivity index (χ1v) is 6.26. The second-order valence-electron chi connectivity index (χ2n) is 4.28. The Morgan fingerprint density at radius 1 is 1.38 bits per heavy atom. The van der Waals surface area contributed by atoms with E-state index in [0.29, 0.717) is 22.6 Å². The Bertz CT molecular complexity index is 357. The van der Waals surface area contributed by atoms with Crippen LogP contribution in [0.5, 0.6) is 0 Å². The number of halogens is 2. The smallest absolute Gasteiger partial charge is 0.0499 e. The maximum Gasteiger partial charge on any atom is 0.0499 e. The van der Waals surface area contributed by atoms with Crippen molar-refractivity contribution < 1.29 is 0 Å². The van der Waals surface area contributed by atoms with Gasteiger partial charge in [-0.25, -0.2) is 0 Å². The zero-order valence-corrected chi connectivity index (χ0v) is 10.8. The van der Waals surface area contributed by atoms with Crippen LogP contribution in [-0.2, 0) is 0 Å². The largest absolute Gasteiger partial charge is 0.329 e. The third kappa shape index (κ3) is 2.35. The van der Waals surface area contributed by atoms with E-state index < -0.39 is 0 Å². The number of rotatable bonds is 4. The molecule has 1 aromatic rings. The van der Waals surface area contributed by atoms with Crippen LogP contribution < -0.4 is 5.73 Å². The fourth-order valence-electron chi connectivity index (χ4n) is 2.05. The van der Waals surface area contributed by atoms with Gasteiger partial charge in [0.2, 0.25) is 0 Å². The first kappa shape index (κ1) is 12.2. The van der Waals surface area contributed by atoms with Gasteiger partial charge in [0.15, 0.2) is 0 Å². The fourth-order valence-corrected chi connectivity index (χ4v) is 2.70. The summed E-state index contributed by atoms with van der Waals surface area (Å²) in [6.45, 7) is 0.538. The third-order valence-electron chi connectivity index (χ3n) is 3.17. The van der Waals surface area contributed by atoms with Crippen molar-refractivity contribution in [2.24, 2.45) is 5.73 Å². The number of benzene rings is 1. The maximum atomic E-state index is 6.21. The van der Waals surface area contributed by atoms with Crippen molar-refractivity contribution in [2.45, 2.75) is 24.9 Å². The van der Waals surface area contributed by atoms with Gasteiger partial charge in [-0.2, -0.15) is 0 Å². The highest BCUT2D eigenvalue weighted by Crippen LogP contribution is 2.37. The van der Waals surface area contributed by atoms with Gasteiger partial charge in [-0.3, -0.25) is 4.90 Å². The van der Waals surface area contributed by atoms with Gasteiger partial charge in [-0.15, -0.1) is 0 Å². The molecule has 1 aliphatic rings. The number of nitrogens with zero attached hydrogens (tertiary/aromatic N) is 1. The number of hydrogen-bond donors (Lipinski definition) is 1. The van der Waals surface area contributed by atoms with Crippen LogP contribution in [0, 0.1) is 0 Å². The summed E-state index contributed by atoms with van der Waals surface area (Å²) in [4.78, 5) is 2.28. The molecule has 0 heterocycles. The van der Waals surface area contributed by atoms with Gasteiger partial charge in [0.1, 0.15) is 0 Å². The molecule has 1 aliphatic carbocycles. The molecule has 4 heteroatoms. The zero-order valence-electron chi connectivity index (χ0n) is 9.29. The highest BCUT2D eigenvalue weighted by Gasteiger charge is 2.32. The number of likely N-dealkylation sites (N-methyl/N-ethyl adjacent to an activating group) is 1. The van der Waals surface area contributed by atoms with Gasteiger partial charge in [0.25, 0.3) is 0 Å². The molecule has 0 bridgehead atoms. The Balaban J connectivity index is 2.31. The molecule has 1 fully saturated rings. The molecule has 0 aromatic heterocycles. The van der Waals surface area contributed by atoms with E-state index in [-0.39, 0.29) is 6.04 Å². The van der Waals surface area contributed by atoms with E-state index in [9.17, 15) is 0 Å². The molecule has 1 atom stereocenters. The molecule has 88 valence electrons. The lowest BCUT2D eigenvalue weighted by atomic mass is 10.1. The monoisotopic (exact) mass is 258 g/mol. The molecular formula is C12H16Cl2N2. The second-order valence-corrected chi connectivity index (χ2v) is 5.10. The first-order valence-electron chi connectivity index (χ1n) is 5.51. The Hall–Kier alpha value is -0.280. The summed E-state index contributed by atoms with van der Waals surface area (Å²) in [5, 5.41) is 1.41. The topological polar surface area (TPSA) is 29.3 Å². The zero-order chi connectivity index (χ0) is 11.7. The summed E-state index contributed by atoms with van der Waals surface area (Å²) < 4.78 is 0. The lowest BCUT2D eigenvalue weighted by molar-refractivity contribution is 0.240. The Morgan fingerprint density at radius 2 is 1.94 bits per heavy atom. The molecule has 0 amide bonds. The van der Waals surface area contributed by atoms with Gasteiger partial charge in [-0.05, 0) is 32.0 Å².